The van der Waals surface area contributed by atoms with Crippen LogP contribution in [0.5, 0.6) is 0 Å². The summed E-state index contributed by atoms with van der Waals surface area (Å²) in [6.07, 6.45) is 5.24. The molecule has 2 aromatic carbocycles. The second-order valence-corrected chi connectivity index (χ2v) is 5.47. The highest BCUT2D eigenvalue weighted by atomic mass is 35.5. The summed E-state index contributed by atoms with van der Waals surface area (Å²) in [7, 11) is 0. The Kier molecular flexibility index (Phi) is 4.55. The number of halogens is 1. The zero-order valence-electron chi connectivity index (χ0n) is 12.5. The van der Waals surface area contributed by atoms with E-state index in [-0.39, 0.29) is 17.0 Å². The van der Waals surface area contributed by atoms with E-state index in [2.05, 4.69) is 16.0 Å². The van der Waals surface area contributed by atoms with Crippen LogP contribution in [0.3, 0.4) is 0 Å². The molecule has 0 amide bonds. The fourth-order valence-corrected chi connectivity index (χ4v) is 2.40. The van der Waals surface area contributed by atoms with Gasteiger partial charge in [-0.3, -0.25) is 4.79 Å². The molecule has 0 atom stereocenters. The van der Waals surface area contributed by atoms with Crippen molar-refractivity contribution < 1.29 is 0 Å². The summed E-state index contributed by atoms with van der Waals surface area (Å²) in [4.78, 5) is 19.1. The van der Waals surface area contributed by atoms with Crippen molar-refractivity contribution in [3.8, 4) is 6.07 Å². The highest BCUT2D eigenvalue weighted by Crippen LogP contribution is 2.16. The van der Waals surface area contributed by atoms with Gasteiger partial charge in [-0.05, 0) is 29.8 Å². The van der Waals surface area contributed by atoms with Gasteiger partial charge in [0.25, 0.3) is 5.56 Å². The third-order valence-corrected chi connectivity index (χ3v) is 3.63. The molecule has 0 unspecified atom stereocenters. The van der Waals surface area contributed by atoms with Crippen molar-refractivity contribution >= 4 is 34.2 Å². The van der Waals surface area contributed by atoms with E-state index in [1.807, 2.05) is 36.4 Å². The summed E-state index contributed by atoms with van der Waals surface area (Å²) < 4.78 is 0. The molecule has 0 aliphatic heterocycles. The molecule has 0 saturated carbocycles. The van der Waals surface area contributed by atoms with Crippen molar-refractivity contribution in [1.29, 1.82) is 5.26 Å². The summed E-state index contributed by atoms with van der Waals surface area (Å²) in [6, 6.07) is 16.6. The number of benzene rings is 2. The van der Waals surface area contributed by atoms with Crippen LogP contribution in [-0.2, 0) is 0 Å². The second kappa shape index (κ2) is 6.95. The molecule has 0 spiro atoms. The predicted molar refractivity (Wildman–Crippen MR) is 96.4 cm³/mol. The van der Waals surface area contributed by atoms with Crippen molar-refractivity contribution in [1.82, 2.24) is 9.97 Å². The lowest BCUT2D eigenvalue weighted by molar-refractivity contribution is 1.13. The number of aromatic nitrogens is 2. The van der Waals surface area contributed by atoms with Crippen LogP contribution in [0, 0.1) is 11.3 Å². The van der Waals surface area contributed by atoms with Crippen LogP contribution in [0.15, 0.2) is 65.5 Å². The first-order chi connectivity index (χ1) is 11.7. The van der Waals surface area contributed by atoms with E-state index in [0.29, 0.717) is 15.9 Å². The fourth-order valence-electron chi connectivity index (χ4n) is 2.23. The van der Waals surface area contributed by atoms with Crippen LogP contribution in [-0.4, -0.2) is 9.97 Å². The summed E-state index contributed by atoms with van der Waals surface area (Å²) in [5.41, 5.74) is 1.45. The van der Waals surface area contributed by atoms with Crippen LogP contribution in [0.1, 0.15) is 11.4 Å². The maximum absolute atomic E-state index is 12.2. The van der Waals surface area contributed by atoms with E-state index in [9.17, 15) is 10.1 Å². The highest BCUT2D eigenvalue weighted by molar-refractivity contribution is 6.31. The molecule has 0 aliphatic carbocycles. The van der Waals surface area contributed by atoms with Crippen molar-refractivity contribution in [3.05, 3.63) is 87.4 Å². The topological polar surface area (TPSA) is 69.5 Å². The number of aromatic amines is 1. The van der Waals surface area contributed by atoms with Gasteiger partial charge in [0.05, 0.1) is 16.5 Å². The highest BCUT2D eigenvalue weighted by Gasteiger charge is 2.07. The van der Waals surface area contributed by atoms with Crippen LogP contribution in [0.2, 0.25) is 5.02 Å². The largest absolute Gasteiger partial charge is 0.305 e. The first kappa shape index (κ1) is 15.7. The molecule has 0 bridgehead atoms. The Morgan fingerprint density at radius 3 is 2.75 bits per heavy atom. The smallest absolute Gasteiger partial charge is 0.259 e. The molecule has 3 aromatic rings. The minimum Gasteiger partial charge on any atom is -0.305 e. The minimum atomic E-state index is -0.328. The molecule has 0 aliphatic rings. The van der Waals surface area contributed by atoms with E-state index in [0.717, 1.165) is 5.56 Å². The number of hydrogen-bond acceptors (Lipinski definition) is 3. The number of allylic oxidation sites excluding steroid dienone is 3. The van der Waals surface area contributed by atoms with Gasteiger partial charge < -0.3 is 4.98 Å². The van der Waals surface area contributed by atoms with Gasteiger partial charge in [-0.25, -0.2) is 4.98 Å². The van der Waals surface area contributed by atoms with Gasteiger partial charge >= 0.3 is 0 Å². The van der Waals surface area contributed by atoms with Crippen molar-refractivity contribution in [3.63, 3.8) is 0 Å². The molecule has 1 aromatic heterocycles. The Morgan fingerprint density at radius 2 is 2.00 bits per heavy atom. The lowest BCUT2D eigenvalue weighted by Gasteiger charge is -2.01. The number of nitrogens with zero attached hydrogens (tertiary/aromatic N) is 2. The lowest BCUT2D eigenvalue weighted by atomic mass is 10.2. The number of fused-ring (bicyclic) bond motifs is 1. The molecule has 1 N–H and O–H groups in total. The first-order valence-electron chi connectivity index (χ1n) is 7.21. The average Bonchev–Trinajstić information content (AvgIpc) is 2.60. The maximum atomic E-state index is 12.2. The number of rotatable bonds is 3. The molecule has 0 radical (unpaired) electrons. The number of nitrogens with one attached hydrogen (secondary N) is 1. The van der Waals surface area contributed by atoms with Gasteiger partial charge in [-0.15, -0.1) is 0 Å². The van der Waals surface area contributed by atoms with Crippen molar-refractivity contribution in [2.45, 2.75) is 0 Å². The fraction of sp³-hybridized carbons (Fsp3) is 0. The summed E-state index contributed by atoms with van der Waals surface area (Å²) in [5.74, 6) is 0.232. The van der Waals surface area contributed by atoms with E-state index < -0.39 is 0 Å². The third-order valence-electron chi connectivity index (χ3n) is 3.39. The molecule has 0 saturated heterocycles. The number of nitriles is 1. The SMILES string of the molecule is N#C/C(=C/C=C\c1ccccc1)c1nc2ccc(Cl)cc2c(=O)[nH]1. The maximum Gasteiger partial charge on any atom is 0.259 e. The van der Waals surface area contributed by atoms with Gasteiger partial charge in [0, 0.05) is 5.02 Å². The average molecular weight is 334 g/mol. The van der Waals surface area contributed by atoms with E-state index >= 15 is 0 Å². The molecule has 4 nitrogen and oxygen atoms in total. The molecule has 5 heteroatoms. The predicted octanol–water partition coefficient (Wildman–Crippen LogP) is 4.20. The second-order valence-electron chi connectivity index (χ2n) is 5.04. The Morgan fingerprint density at radius 1 is 1.21 bits per heavy atom. The summed E-state index contributed by atoms with van der Waals surface area (Å²) in [6.45, 7) is 0. The Hall–Kier alpha value is -3.16. The van der Waals surface area contributed by atoms with Gasteiger partial charge in [-0.1, -0.05) is 54.1 Å². The Balaban J connectivity index is 1.99. The minimum absolute atomic E-state index is 0.232. The standard InChI is InChI=1S/C19H12ClN3O/c20-15-9-10-17-16(11-15)19(24)23-18(22-17)14(12-21)8-4-7-13-5-2-1-3-6-13/h1-11H,(H,22,23,24)/b7-4-,14-8-. The molecule has 24 heavy (non-hydrogen) atoms. The quantitative estimate of drug-likeness (QED) is 0.577. The van der Waals surface area contributed by atoms with E-state index in [1.54, 1.807) is 30.4 Å². The van der Waals surface area contributed by atoms with Gasteiger partial charge in [0.1, 0.15) is 6.07 Å². The van der Waals surface area contributed by atoms with E-state index in [1.165, 1.54) is 0 Å². The third kappa shape index (κ3) is 3.43. The van der Waals surface area contributed by atoms with Crippen LogP contribution in [0.4, 0.5) is 0 Å². The van der Waals surface area contributed by atoms with Crippen LogP contribution < -0.4 is 5.56 Å². The molecule has 1 heterocycles. The van der Waals surface area contributed by atoms with Crippen LogP contribution >= 0.6 is 11.6 Å². The summed E-state index contributed by atoms with van der Waals surface area (Å²) in [5, 5.41) is 10.2. The van der Waals surface area contributed by atoms with Crippen LogP contribution in [0.25, 0.3) is 22.6 Å². The van der Waals surface area contributed by atoms with Crippen molar-refractivity contribution in [2.75, 3.05) is 0 Å². The van der Waals surface area contributed by atoms with E-state index in [4.69, 9.17) is 11.6 Å². The molecular weight excluding hydrogens is 322 g/mol. The summed E-state index contributed by atoms with van der Waals surface area (Å²) >= 11 is 5.89. The molecule has 116 valence electrons. The number of hydrogen-bond donors (Lipinski definition) is 1. The molecule has 3 rings (SSSR count). The number of H-pyrrole nitrogens is 1. The molecule has 0 fully saturated rings. The lowest BCUT2D eigenvalue weighted by Crippen LogP contribution is -2.11. The van der Waals surface area contributed by atoms with Gasteiger partial charge in [0.15, 0.2) is 5.82 Å². The van der Waals surface area contributed by atoms with Crippen molar-refractivity contribution in [2.24, 2.45) is 0 Å². The van der Waals surface area contributed by atoms with Gasteiger partial charge in [0.2, 0.25) is 0 Å². The zero-order chi connectivity index (χ0) is 16.9. The van der Waals surface area contributed by atoms with Gasteiger partial charge in [-0.2, -0.15) is 5.26 Å². The monoisotopic (exact) mass is 333 g/mol. The normalized spacial score (nSPS) is 11.8. The Labute approximate surface area is 143 Å². The Bertz CT molecular complexity index is 1040. The molecular formula is C19H12ClN3O. The zero-order valence-corrected chi connectivity index (χ0v) is 13.3. The first-order valence-corrected chi connectivity index (χ1v) is 7.58.